The van der Waals surface area contributed by atoms with Gasteiger partial charge >= 0.3 is 0 Å². The molecule has 2 aromatic rings. The van der Waals surface area contributed by atoms with Crippen molar-refractivity contribution < 1.29 is 4.79 Å². The molecule has 0 radical (unpaired) electrons. The maximum Gasteiger partial charge on any atom is 0.165 e. The highest BCUT2D eigenvalue weighted by atomic mass is 35.5. The normalized spacial score (nSPS) is 11.1. The Morgan fingerprint density at radius 3 is 2.70 bits per heavy atom. The second-order valence-electron chi connectivity index (χ2n) is 5.31. The van der Waals surface area contributed by atoms with Crippen LogP contribution < -0.4 is 0 Å². The van der Waals surface area contributed by atoms with Gasteiger partial charge in [0.1, 0.15) is 0 Å². The predicted molar refractivity (Wildman–Crippen MR) is 85.6 cm³/mol. The van der Waals surface area contributed by atoms with Crippen LogP contribution in [0.5, 0.6) is 0 Å². The Kier molecular flexibility index (Phi) is 5.66. The van der Waals surface area contributed by atoms with Crippen LogP contribution in [-0.4, -0.2) is 10.8 Å². The van der Waals surface area contributed by atoms with Crippen LogP contribution in [0.4, 0.5) is 0 Å². The zero-order valence-corrected chi connectivity index (χ0v) is 12.8. The number of rotatable bonds is 8. The summed E-state index contributed by atoms with van der Waals surface area (Å²) < 4.78 is 0. The lowest BCUT2D eigenvalue weighted by molar-refractivity contribution is 0.0980. The second-order valence-corrected chi connectivity index (χ2v) is 5.71. The highest BCUT2D eigenvalue weighted by Gasteiger charge is 2.12. The Hall–Kier alpha value is -1.28. The van der Waals surface area contributed by atoms with Gasteiger partial charge in [-0.25, -0.2) is 0 Å². The fourth-order valence-corrected chi connectivity index (χ4v) is 2.78. The molecule has 0 amide bonds. The molecule has 2 rings (SSSR count). The van der Waals surface area contributed by atoms with E-state index in [1.165, 1.54) is 25.7 Å². The molecule has 108 valence electrons. The van der Waals surface area contributed by atoms with Crippen molar-refractivity contribution in [2.24, 2.45) is 0 Å². The number of hydrogen-bond acceptors (Lipinski definition) is 1. The summed E-state index contributed by atoms with van der Waals surface area (Å²) in [5, 5.41) is 1.61. The Balaban J connectivity index is 1.90. The Bertz CT molecular complexity index is 573. The summed E-state index contributed by atoms with van der Waals surface area (Å²) in [7, 11) is 0. The van der Waals surface area contributed by atoms with E-state index in [9.17, 15) is 4.79 Å². The number of hydrogen-bond donors (Lipinski definition) is 1. The highest BCUT2D eigenvalue weighted by molar-refractivity contribution is 6.35. The minimum atomic E-state index is 0.217. The number of ketones is 1. The number of aromatic amines is 1. The fourth-order valence-electron chi connectivity index (χ4n) is 2.55. The number of carbonyl (C=O) groups excluding carboxylic acids is 1. The summed E-state index contributed by atoms with van der Waals surface area (Å²) in [6.07, 6.45) is 9.63. The lowest BCUT2D eigenvalue weighted by atomic mass is 10.0. The van der Waals surface area contributed by atoms with Crippen molar-refractivity contribution in [3.8, 4) is 0 Å². The first-order valence-corrected chi connectivity index (χ1v) is 7.90. The topological polar surface area (TPSA) is 32.9 Å². The van der Waals surface area contributed by atoms with E-state index in [2.05, 4.69) is 11.9 Å². The SMILES string of the molecule is CCCCCCCCC(=O)c1c[nH]c2c(Cl)cccc12. The van der Waals surface area contributed by atoms with Crippen LogP contribution in [-0.2, 0) is 0 Å². The zero-order valence-electron chi connectivity index (χ0n) is 12.0. The second kappa shape index (κ2) is 7.49. The molecule has 1 heterocycles. The Labute approximate surface area is 125 Å². The molecule has 0 saturated carbocycles. The number of aromatic nitrogens is 1. The molecule has 0 spiro atoms. The van der Waals surface area contributed by atoms with Gasteiger partial charge in [-0.3, -0.25) is 4.79 Å². The molecule has 3 heteroatoms. The summed E-state index contributed by atoms with van der Waals surface area (Å²) in [6, 6.07) is 5.68. The van der Waals surface area contributed by atoms with E-state index in [1.54, 1.807) is 6.20 Å². The average Bonchev–Trinajstić information content (AvgIpc) is 2.88. The highest BCUT2D eigenvalue weighted by Crippen LogP contribution is 2.26. The molecule has 0 bridgehead atoms. The number of unbranched alkanes of at least 4 members (excludes halogenated alkanes) is 5. The monoisotopic (exact) mass is 291 g/mol. The standard InChI is InChI=1S/C17H22ClNO/c1-2-3-4-5-6-7-11-16(20)14-12-19-17-13(14)9-8-10-15(17)18/h8-10,12,19H,2-7,11H2,1H3. The lowest BCUT2D eigenvalue weighted by Crippen LogP contribution is -1.97. The number of fused-ring (bicyclic) bond motifs is 1. The summed E-state index contributed by atoms with van der Waals surface area (Å²) >= 11 is 6.11. The summed E-state index contributed by atoms with van der Waals surface area (Å²) in [6.45, 7) is 2.21. The van der Waals surface area contributed by atoms with Gasteiger partial charge in [0.15, 0.2) is 5.78 Å². The number of benzene rings is 1. The summed E-state index contributed by atoms with van der Waals surface area (Å²) in [4.78, 5) is 15.4. The molecule has 2 nitrogen and oxygen atoms in total. The van der Waals surface area contributed by atoms with E-state index < -0.39 is 0 Å². The summed E-state index contributed by atoms with van der Waals surface area (Å²) in [5.41, 5.74) is 1.64. The zero-order chi connectivity index (χ0) is 14.4. The number of H-pyrrole nitrogens is 1. The van der Waals surface area contributed by atoms with Crippen molar-refractivity contribution in [2.45, 2.75) is 51.9 Å². The average molecular weight is 292 g/mol. The Morgan fingerprint density at radius 2 is 1.90 bits per heavy atom. The van der Waals surface area contributed by atoms with Crippen molar-refractivity contribution in [2.75, 3.05) is 0 Å². The van der Waals surface area contributed by atoms with Gasteiger partial charge in [0, 0.05) is 23.6 Å². The van der Waals surface area contributed by atoms with Gasteiger partial charge in [-0.1, -0.05) is 62.8 Å². The number of halogens is 1. The molecule has 1 N–H and O–H groups in total. The van der Waals surface area contributed by atoms with E-state index in [1.807, 2.05) is 18.2 Å². The van der Waals surface area contributed by atoms with Crippen LogP contribution >= 0.6 is 11.6 Å². The van der Waals surface area contributed by atoms with Crippen molar-refractivity contribution in [3.63, 3.8) is 0 Å². The van der Waals surface area contributed by atoms with Crippen molar-refractivity contribution in [1.29, 1.82) is 0 Å². The molecule has 0 aliphatic carbocycles. The van der Waals surface area contributed by atoms with Gasteiger partial charge in [-0.15, -0.1) is 0 Å². The number of para-hydroxylation sites is 1. The predicted octanol–water partition coefficient (Wildman–Crippen LogP) is 5.75. The third-order valence-electron chi connectivity index (χ3n) is 3.72. The molecule has 1 aromatic heterocycles. The largest absolute Gasteiger partial charge is 0.359 e. The van der Waals surface area contributed by atoms with Crippen LogP contribution in [0.25, 0.3) is 10.9 Å². The molecule has 0 fully saturated rings. The van der Waals surface area contributed by atoms with E-state index in [-0.39, 0.29) is 5.78 Å². The first kappa shape index (κ1) is 15.1. The Morgan fingerprint density at radius 1 is 1.15 bits per heavy atom. The van der Waals surface area contributed by atoms with Crippen LogP contribution in [0.15, 0.2) is 24.4 Å². The van der Waals surface area contributed by atoms with E-state index in [4.69, 9.17) is 11.6 Å². The molecule has 0 aliphatic heterocycles. The smallest absolute Gasteiger partial charge is 0.165 e. The van der Waals surface area contributed by atoms with Crippen molar-refractivity contribution >= 4 is 28.3 Å². The maximum atomic E-state index is 12.3. The van der Waals surface area contributed by atoms with Gasteiger partial charge in [-0.2, -0.15) is 0 Å². The third kappa shape index (κ3) is 3.63. The minimum absolute atomic E-state index is 0.217. The molecule has 1 aromatic carbocycles. The fraction of sp³-hybridized carbons (Fsp3) is 0.471. The van der Waals surface area contributed by atoms with E-state index in [0.717, 1.165) is 29.3 Å². The summed E-state index contributed by atoms with van der Waals surface area (Å²) in [5.74, 6) is 0.217. The number of carbonyl (C=O) groups is 1. The minimum Gasteiger partial charge on any atom is -0.359 e. The first-order chi connectivity index (χ1) is 9.74. The van der Waals surface area contributed by atoms with E-state index >= 15 is 0 Å². The molecular weight excluding hydrogens is 270 g/mol. The van der Waals surface area contributed by atoms with Crippen LogP contribution in [0.3, 0.4) is 0 Å². The molecule has 0 saturated heterocycles. The maximum absolute atomic E-state index is 12.3. The van der Waals surface area contributed by atoms with Crippen LogP contribution in [0.1, 0.15) is 62.2 Å². The van der Waals surface area contributed by atoms with Gasteiger partial charge < -0.3 is 4.98 Å². The molecule has 0 atom stereocenters. The van der Waals surface area contributed by atoms with Gasteiger partial charge in [0.2, 0.25) is 0 Å². The third-order valence-corrected chi connectivity index (χ3v) is 4.04. The molecule has 20 heavy (non-hydrogen) atoms. The van der Waals surface area contributed by atoms with Gasteiger partial charge in [-0.05, 0) is 12.5 Å². The van der Waals surface area contributed by atoms with Crippen molar-refractivity contribution in [3.05, 3.63) is 35.0 Å². The molecular formula is C17H22ClNO. The van der Waals surface area contributed by atoms with Gasteiger partial charge in [0.25, 0.3) is 0 Å². The molecule has 0 unspecified atom stereocenters. The van der Waals surface area contributed by atoms with E-state index in [0.29, 0.717) is 11.4 Å². The number of Topliss-reactive ketones (excluding diaryl/α,β-unsaturated/α-hetero) is 1. The lowest BCUT2D eigenvalue weighted by Gasteiger charge is -2.01. The van der Waals surface area contributed by atoms with Crippen molar-refractivity contribution in [1.82, 2.24) is 4.98 Å². The number of nitrogens with one attached hydrogen (secondary N) is 1. The quantitative estimate of drug-likeness (QED) is 0.487. The van der Waals surface area contributed by atoms with Gasteiger partial charge in [0.05, 0.1) is 10.5 Å². The first-order valence-electron chi connectivity index (χ1n) is 7.53. The van der Waals surface area contributed by atoms with Crippen LogP contribution in [0.2, 0.25) is 5.02 Å². The molecule has 0 aliphatic rings. The van der Waals surface area contributed by atoms with Crippen LogP contribution in [0, 0.1) is 0 Å².